The van der Waals surface area contributed by atoms with Crippen molar-refractivity contribution in [1.29, 1.82) is 0 Å². The molecule has 1 atom stereocenters. The van der Waals surface area contributed by atoms with Crippen LogP contribution in [0, 0.1) is 19.7 Å². The van der Waals surface area contributed by atoms with Crippen molar-refractivity contribution < 1.29 is 4.39 Å². The van der Waals surface area contributed by atoms with E-state index in [1.54, 1.807) is 0 Å². The average Bonchev–Trinajstić information content (AvgIpc) is 2.97. The number of nitrogens with one attached hydrogen (secondary N) is 2. The lowest BCUT2D eigenvalue weighted by Gasteiger charge is -2.33. The topological polar surface area (TPSA) is 66.0 Å². The second kappa shape index (κ2) is 12.7. The minimum Gasteiger partial charge on any atom is -0.351 e. The number of aromatic nitrogens is 3. The normalized spacial score (nSPS) is 18.1. The highest BCUT2D eigenvalue weighted by atomic mass is 32.2. The molecule has 0 amide bonds. The summed E-state index contributed by atoms with van der Waals surface area (Å²) in [5.74, 6) is 1.12. The Morgan fingerprint density at radius 1 is 1.02 bits per heavy atom. The number of rotatable bonds is 8. The van der Waals surface area contributed by atoms with Crippen LogP contribution < -0.4 is 10.0 Å². The van der Waals surface area contributed by atoms with Crippen molar-refractivity contribution in [3.05, 3.63) is 71.3 Å². The van der Waals surface area contributed by atoms with E-state index in [0.29, 0.717) is 41.1 Å². The molecule has 6 nitrogen and oxygen atoms in total. The van der Waals surface area contributed by atoms with Gasteiger partial charge in [0.1, 0.15) is 11.6 Å². The largest absolute Gasteiger partial charge is 0.351 e. The summed E-state index contributed by atoms with van der Waals surface area (Å²) in [6, 6.07) is 15.1. The lowest BCUT2D eigenvalue weighted by molar-refractivity contribution is 0.221. The highest BCUT2D eigenvalue weighted by Crippen LogP contribution is 2.35. The molecule has 216 valence electrons. The number of nitrogens with zero attached hydrogens (tertiary/aromatic N) is 4. The van der Waals surface area contributed by atoms with Gasteiger partial charge in [-0.25, -0.2) is 19.3 Å². The van der Waals surface area contributed by atoms with Gasteiger partial charge in [0.2, 0.25) is 5.95 Å². The number of pyridine rings is 1. The van der Waals surface area contributed by atoms with Gasteiger partial charge in [-0.05, 0) is 102 Å². The highest BCUT2D eigenvalue weighted by Gasteiger charge is 2.23. The van der Waals surface area contributed by atoms with Crippen molar-refractivity contribution in [2.24, 2.45) is 0 Å². The number of hydrogen-bond acceptors (Lipinski definition) is 6. The van der Waals surface area contributed by atoms with Crippen LogP contribution in [0.5, 0.6) is 0 Å². The molecule has 0 saturated heterocycles. The molecule has 2 heterocycles. The number of halogens is 1. The number of benzene rings is 2. The molecule has 1 aliphatic rings. The van der Waals surface area contributed by atoms with E-state index < -0.39 is 0 Å². The van der Waals surface area contributed by atoms with Gasteiger partial charge >= 0.3 is 0 Å². The van der Waals surface area contributed by atoms with Gasteiger partial charge in [-0.3, -0.25) is 0 Å². The smallest absolute Gasteiger partial charge is 0.223 e. The molecule has 2 aromatic heterocycles. The third-order valence-corrected chi connectivity index (χ3v) is 10.0. The Hall–Kier alpha value is -3.36. The number of aryl methyl sites for hydroxylation is 3. The van der Waals surface area contributed by atoms with Crippen LogP contribution in [-0.2, 0) is 6.42 Å². The molecule has 2 N–H and O–H groups in total. The molecule has 5 rings (SSSR count). The van der Waals surface area contributed by atoms with Crippen molar-refractivity contribution in [1.82, 2.24) is 19.9 Å². The molecule has 1 fully saturated rings. The zero-order chi connectivity index (χ0) is 29.1. The van der Waals surface area contributed by atoms with Gasteiger partial charge in [-0.2, -0.15) is 0 Å². The van der Waals surface area contributed by atoms with Crippen molar-refractivity contribution in [2.45, 2.75) is 76.8 Å². The van der Waals surface area contributed by atoms with Gasteiger partial charge in [-0.1, -0.05) is 35.8 Å². The number of anilines is 2. The predicted molar refractivity (Wildman–Crippen MR) is 173 cm³/mol. The Labute approximate surface area is 245 Å². The van der Waals surface area contributed by atoms with Gasteiger partial charge in [0.15, 0.2) is 0 Å². The summed E-state index contributed by atoms with van der Waals surface area (Å²) in [6.07, 6.45) is 6.83. The molecule has 8 heteroatoms. The fourth-order valence-corrected chi connectivity index (χ4v) is 7.25. The lowest BCUT2D eigenvalue weighted by atomic mass is 9.90. The van der Waals surface area contributed by atoms with Gasteiger partial charge in [0.05, 0.1) is 5.52 Å². The highest BCUT2D eigenvalue weighted by molar-refractivity contribution is 8.16. The van der Waals surface area contributed by atoms with Crippen LogP contribution >= 0.6 is 10.7 Å². The molecule has 41 heavy (non-hydrogen) atoms. The maximum Gasteiger partial charge on any atom is 0.223 e. The lowest BCUT2D eigenvalue weighted by Crippen LogP contribution is -2.36. The Balaban J connectivity index is 1.41. The van der Waals surface area contributed by atoms with Crippen LogP contribution in [0.15, 0.2) is 53.6 Å². The molecule has 1 unspecified atom stereocenters. The SMILES string of the molecule is C/C=S(/Nc1ccc(-c2cc3cnc(NC4CCC(N(C)C)CC4)nc3c(CC)c2F)c(C)n1)c1ccccc1C. The van der Waals surface area contributed by atoms with Crippen molar-refractivity contribution in [2.75, 3.05) is 24.1 Å². The van der Waals surface area contributed by atoms with E-state index in [0.717, 1.165) is 48.1 Å². The quantitative estimate of drug-likeness (QED) is 0.210. The van der Waals surface area contributed by atoms with Gasteiger partial charge in [0, 0.05) is 50.9 Å². The van der Waals surface area contributed by atoms with Crippen LogP contribution in [0.4, 0.5) is 16.2 Å². The Kier molecular flexibility index (Phi) is 9.00. The summed E-state index contributed by atoms with van der Waals surface area (Å²) >= 11 is 0. The summed E-state index contributed by atoms with van der Waals surface area (Å²) in [5, 5.41) is 6.51. The van der Waals surface area contributed by atoms with Crippen molar-refractivity contribution in [3.8, 4) is 11.1 Å². The Bertz CT molecular complexity index is 1580. The number of fused-ring (bicyclic) bond motifs is 1. The molecule has 4 aromatic rings. The molecule has 0 spiro atoms. The summed E-state index contributed by atoms with van der Waals surface area (Å²) in [7, 11) is 4.01. The fourth-order valence-electron chi connectivity index (χ4n) is 5.79. The van der Waals surface area contributed by atoms with Crippen LogP contribution in [0.2, 0.25) is 0 Å². The molecular formula is C33H41FN6S. The minimum atomic E-state index is -0.290. The van der Waals surface area contributed by atoms with E-state index in [-0.39, 0.29) is 16.5 Å². The van der Waals surface area contributed by atoms with Gasteiger partial charge < -0.3 is 14.9 Å². The second-order valence-electron chi connectivity index (χ2n) is 11.1. The molecule has 1 aliphatic carbocycles. The summed E-state index contributed by atoms with van der Waals surface area (Å²) in [4.78, 5) is 17.8. The maximum absolute atomic E-state index is 16.1. The Morgan fingerprint density at radius 2 is 1.78 bits per heavy atom. The first kappa shape index (κ1) is 29.1. The van der Waals surface area contributed by atoms with Crippen LogP contribution in [0.3, 0.4) is 0 Å². The summed E-state index contributed by atoms with van der Waals surface area (Å²) in [5.41, 5.74) is 4.61. The first-order chi connectivity index (χ1) is 19.8. The van der Waals surface area contributed by atoms with E-state index in [4.69, 9.17) is 9.97 Å². The van der Waals surface area contributed by atoms with Crippen LogP contribution in [0.25, 0.3) is 22.0 Å². The zero-order valence-electron chi connectivity index (χ0n) is 25.0. The third kappa shape index (κ3) is 6.28. The van der Waals surface area contributed by atoms with Gasteiger partial charge in [-0.15, -0.1) is 0 Å². The van der Waals surface area contributed by atoms with Crippen molar-refractivity contribution >= 4 is 38.7 Å². The molecule has 2 aromatic carbocycles. The Morgan fingerprint density at radius 3 is 2.44 bits per heavy atom. The summed E-state index contributed by atoms with van der Waals surface area (Å²) in [6.45, 7) is 8.09. The average molecular weight is 573 g/mol. The number of hydrogen-bond donors (Lipinski definition) is 2. The molecule has 0 bridgehead atoms. The first-order valence-electron chi connectivity index (χ1n) is 14.5. The predicted octanol–water partition coefficient (Wildman–Crippen LogP) is 7.77. The molecule has 1 saturated carbocycles. The van der Waals surface area contributed by atoms with Gasteiger partial charge in [0.25, 0.3) is 0 Å². The summed E-state index contributed by atoms with van der Waals surface area (Å²) < 4.78 is 19.6. The van der Waals surface area contributed by atoms with Crippen LogP contribution in [-0.4, -0.2) is 51.4 Å². The van der Waals surface area contributed by atoms with E-state index in [9.17, 15) is 0 Å². The fraction of sp³-hybridized carbons (Fsp3) is 0.394. The monoisotopic (exact) mass is 572 g/mol. The van der Waals surface area contributed by atoms with E-state index in [1.165, 1.54) is 10.5 Å². The van der Waals surface area contributed by atoms with E-state index >= 15 is 4.39 Å². The molecule has 0 aliphatic heterocycles. The van der Waals surface area contributed by atoms with Crippen LogP contribution in [0.1, 0.15) is 56.4 Å². The zero-order valence-corrected chi connectivity index (χ0v) is 25.8. The van der Waals surface area contributed by atoms with Crippen molar-refractivity contribution in [3.63, 3.8) is 0 Å². The molecule has 0 radical (unpaired) electrons. The standard InChI is InChI=1S/C33H41FN6S/c1-7-26-31(34)28(19-23-20-35-33(38-32(23)26)37-24-13-15-25(16-14-24)40(5)6)27-17-18-30(36-22(27)4)39-41(8-2)29-12-10-9-11-21(29)3/h8-12,17-20,24-25H,7,13-16H2,1-6H3,(H,36,39)(H,35,37,38). The maximum atomic E-state index is 16.1. The van der Waals surface area contributed by atoms with E-state index in [1.807, 2.05) is 38.2 Å². The minimum absolute atomic E-state index is 0.233. The third-order valence-electron chi connectivity index (χ3n) is 8.17. The first-order valence-corrected chi connectivity index (χ1v) is 15.8. The second-order valence-corrected chi connectivity index (χ2v) is 12.9. The van der Waals surface area contributed by atoms with E-state index in [2.05, 4.69) is 77.5 Å². The molecular weight excluding hydrogens is 531 g/mol.